The van der Waals surface area contributed by atoms with E-state index in [0.29, 0.717) is 13.1 Å². The van der Waals surface area contributed by atoms with Crippen LogP contribution in [-0.2, 0) is 6.54 Å². The van der Waals surface area contributed by atoms with Crippen molar-refractivity contribution in [2.24, 2.45) is 0 Å². The van der Waals surface area contributed by atoms with E-state index in [-0.39, 0.29) is 0 Å². The van der Waals surface area contributed by atoms with E-state index in [9.17, 15) is 10.2 Å². The second-order valence-corrected chi connectivity index (χ2v) is 7.56. The summed E-state index contributed by atoms with van der Waals surface area (Å²) < 4.78 is 2.21. The molecule has 2 N–H and O–H groups in total. The smallest absolute Gasteiger partial charge is 0.107 e. The lowest BCUT2D eigenvalue weighted by Gasteiger charge is -2.37. The molecule has 2 unspecified atom stereocenters. The Morgan fingerprint density at radius 1 is 0.960 bits per heavy atom. The number of para-hydroxylation sites is 2. The number of rotatable bonds is 4. The molecule has 0 amide bonds. The molecule has 3 aromatic rings. The normalized spacial score (nSPS) is 21.6. The highest BCUT2D eigenvalue weighted by molar-refractivity contribution is 6.07. The summed E-state index contributed by atoms with van der Waals surface area (Å²) in [6.07, 6.45) is 2.51. The fraction of sp³-hybridized carbons (Fsp3) is 0.429. The highest BCUT2D eigenvalue weighted by Crippen LogP contribution is 2.30. The molecular formula is C21H26N2O2. The third-order valence-corrected chi connectivity index (χ3v) is 5.30. The molecule has 4 nitrogen and oxygen atoms in total. The van der Waals surface area contributed by atoms with Crippen molar-refractivity contribution in [2.75, 3.05) is 13.1 Å². The molecule has 0 spiro atoms. The van der Waals surface area contributed by atoms with Gasteiger partial charge < -0.3 is 14.8 Å². The van der Waals surface area contributed by atoms with E-state index < -0.39 is 11.8 Å². The summed E-state index contributed by atoms with van der Waals surface area (Å²) in [6.45, 7) is 3.71. The number of β-amino-alcohol motifs (C(OH)–C–C–N with tert-alkyl or cyclic N) is 1. The zero-order valence-corrected chi connectivity index (χ0v) is 14.7. The molecule has 1 saturated heterocycles. The summed E-state index contributed by atoms with van der Waals surface area (Å²) in [5.74, 6) is 0. The number of aromatic nitrogens is 1. The number of nitrogens with zero attached hydrogens (tertiary/aromatic N) is 2. The largest absolute Gasteiger partial charge is 0.387 e. The van der Waals surface area contributed by atoms with E-state index in [1.807, 2.05) is 24.0 Å². The average Bonchev–Trinajstić information content (AvgIpc) is 2.91. The minimum atomic E-state index is -0.914. The highest BCUT2D eigenvalue weighted by Gasteiger charge is 2.30. The minimum Gasteiger partial charge on any atom is -0.387 e. The first-order valence-electron chi connectivity index (χ1n) is 9.16. The van der Waals surface area contributed by atoms with Crippen LogP contribution in [0.4, 0.5) is 0 Å². The molecule has 1 fully saturated rings. The Kier molecular flexibility index (Phi) is 4.28. The van der Waals surface area contributed by atoms with Crippen LogP contribution in [0.5, 0.6) is 0 Å². The van der Waals surface area contributed by atoms with Crippen molar-refractivity contribution in [3.05, 3.63) is 48.5 Å². The van der Waals surface area contributed by atoms with Crippen LogP contribution in [-0.4, -0.2) is 44.6 Å². The van der Waals surface area contributed by atoms with E-state index in [1.54, 1.807) is 0 Å². The molecule has 4 heteroatoms. The number of hydrogen-bond donors (Lipinski definition) is 2. The summed E-state index contributed by atoms with van der Waals surface area (Å²) in [5.41, 5.74) is 1.37. The maximum Gasteiger partial charge on any atom is 0.107 e. The van der Waals surface area contributed by atoms with E-state index in [4.69, 9.17) is 0 Å². The number of hydrogen-bond acceptors (Lipinski definition) is 3. The zero-order chi connectivity index (χ0) is 17.4. The van der Waals surface area contributed by atoms with Gasteiger partial charge in [0.1, 0.15) is 6.23 Å². The van der Waals surface area contributed by atoms with Crippen LogP contribution in [0, 0.1) is 0 Å². The number of fused-ring (bicyclic) bond motifs is 3. The van der Waals surface area contributed by atoms with E-state index in [2.05, 4.69) is 41.0 Å². The van der Waals surface area contributed by atoms with Gasteiger partial charge in [-0.05, 0) is 38.3 Å². The summed E-state index contributed by atoms with van der Waals surface area (Å²) in [7, 11) is 0. The van der Waals surface area contributed by atoms with Crippen molar-refractivity contribution >= 4 is 21.8 Å². The second kappa shape index (κ2) is 6.45. The quantitative estimate of drug-likeness (QED) is 0.767. The van der Waals surface area contributed by atoms with Crippen molar-refractivity contribution in [1.29, 1.82) is 0 Å². The zero-order valence-electron chi connectivity index (χ0n) is 14.7. The molecule has 25 heavy (non-hydrogen) atoms. The Bertz CT molecular complexity index is 831. The Morgan fingerprint density at radius 2 is 1.56 bits per heavy atom. The monoisotopic (exact) mass is 338 g/mol. The Morgan fingerprint density at radius 3 is 2.16 bits per heavy atom. The molecule has 2 atom stereocenters. The van der Waals surface area contributed by atoms with Gasteiger partial charge in [-0.3, -0.25) is 4.90 Å². The lowest BCUT2D eigenvalue weighted by atomic mass is 10.0. The molecule has 0 aliphatic carbocycles. The molecule has 0 bridgehead atoms. The predicted molar refractivity (Wildman–Crippen MR) is 101 cm³/mol. The van der Waals surface area contributed by atoms with Gasteiger partial charge >= 0.3 is 0 Å². The van der Waals surface area contributed by atoms with E-state index in [0.717, 1.165) is 36.8 Å². The van der Waals surface area contributed by atoms with Crippen molar-refractivity contribution in [1.82, 2.24) is 9.47 Å². The van der Waals surface area contributed by atoms with Crippen LogP contribution in [0.25, 0.3) is 21.8 Å². The molecule has 132 valence electrons. The van der Waals surface area contributed by atoms with Gasteiger partial charge in [0.15, 0.2) is 0 Å². The maximum atomic E-state index is 11.1. The van der Waals surface area contributed by atoms with Crippen LogP contribution in [0.2, 0.25) is 0 Å². The fourth-order valence-corrected chi connectivity index (χ4v) is 4.16. The Hall–Kier alpha value is -1.88. The third-order valence-electron chi connectivity index (χ3n) is 5.30. The minimum absolute atomic E-state index is 0.432. The van der Waals surface area contributed by atoms with Gasteiger partial charge in [0.05, 0.1) is 12.1 Å². The molecule has 0 radical (unpaired) electrons. The van der Waals surface area contributed by atoms with Gasteiger partial charge in [-0.25, -0.2) is 0 Å². The molecule has 2 aromatic carbocycles. The molecule has 1 aromatic heterocycles. The van der Waals surface area contributed by atoms with Crippen LogP contribution in [0.15, 0.2) is 48.5 Å². The second-order valence-electron chi connectivity index (χ2n) is 7.56. The first-order valence-corrected chi connectivity index (χ1v) is 9.16. The van der Waals surface area contributed by atoms with Crippen molar-refractivity contribution in [3.63, 3.8) is 0 Å². The number of aliphatic hydroxyl groups excluding tert-OH is 1. The topological polar surface area (TPSA) is 48.6 Å². The number of aliphatic hydroxyl groups is 2. The van der Waals surface area contributed by atoms with Crippen LogP contribution < -0.4 is 0 Å². The fourth-order valence-electron chi connectivity index (χ4n) is 4.16. The first-order chi connectivity index (χ1) is 12.1. The molecule has 4 rings (SSSR count). The van der Waals surface area contributed by atoms with E-state index >= 15 is 0 Å². The van der Waals surface area contributed by atoms with Gasteiger partial charge in [0.2, 0.25) is 0 Å². The SMILES string of the molecule is CC(O)(CN1CCCCC1O)Cn1c2ccccc2c2ccccc21. The van der Waals surface area contributed by atoms with Crippen LogP contribution in [0.3, 0.4) is 0 Å². The lowest BCUT2D eigenvalue weighted by Crippen LogP contribution is -2.49. The molecule has 1 aliphatic heterocycles. The molecule has 0 saturated carbocycles. The van der Waals surface area contributed by atoms with Crippen molar-refractivity contribution in [3.8, 4) is 0 Å². The van der Waals surface area contributed by atoms with Gasteiger partial charge in [-0.15, -0.1) is 0 Å². The number of benzene rings is 2. The Balaban J connectivity index is 1.69. The summed E-state index contributed by atoms with van der Waals surface area (Å²) in [6, 6.07) is 16.7. The molecular weight excluding hydrogens is 312 g/mol. The predicted octanol–water partition coefficient (Wildman–Crippen LogP) is 3.35. The molecule has 2 heterocycles. The highest BCUT2D eigenvalue weighted by atomic mass is 16.3. The van der Waals surface area contributed by atoms with Crippen LogP contribution >= 0.6 is 0 Å². The number of piperidine rings is 1. The maximum absolute atomic E-state index is 11.1. The van der Waals surface area contributed by atoms with Gasteiger partial charge in [-0.2, -0.15) is 0 Å². The van der Waals surface area contributed by atoms with Gasteiger partial charge in [0, 0.05) is 34.9 Å². The standard InChI is InChI=1S/C21H26N2O2/c1-21(25,14-22-13-7-6-12-20(22)24)15-23-18-10-4-2-8-16(18)17-9-3-5-11-19(17)23/h2-5,8-11,20,24-25H,6-7,12-15H2,1H3. The molecule has 1 aliphatic rings. The van der Waals surface area contributed by atoms with Crippen molar-refractivity contribution < 1.29 is 10.2 Å². The average molecular weight is 338 g/mol. The lowest BCUT2D eigenvalue weighted by molar-refractivity contribution is -0.0765. The summed E-state index contributed by atoms with van der Waals surface area (Å²) in [5, 5.41) is 23.7. The van der Waals surface area contributed by atoms with Gasteiger partial charge in [0.25, 0.3) is 0 Å². The summed E-state index contributed by atoms with van der Waals surface area (Å²) in [4.78, 5) is 2.01. The first kappa shape index (κ1) is 16.6. The van der Waals surface area contributed by atoms with Gasteiger partial charge in [-0.1, -0.05) is 36.4 Å². The third kappa shape index (κ3) is 3.17. The van der Waals surface area contributed by atoms with E-state index in [1.165, 1.54) is 10.8 Å². The van der Waals surface area contributed by atoms with Crippen LogP contribution in [0.1, 0.15) is 26.2 Å². The number of likely N-dealkylation sites (tertiary alicyclic amines) is 1. The van der Waals surface area contributed by atoms with Crippen molar-refractivity contribution in [2.45, 2.75) is 44.6 Å². The Labute approximate surface area is 148 Å². The summed E-state index contributed by atoms with van der Waals surface area (Å²) >= 11 is 0.